The zero-order valence-corrected chi connectivity index (χ0v) is 20.1. The molecule has 0 aliphatic carbocycles. The summed E-state index contributed by atoms with van der Waals surface area (Å²) in [5.74, 6) is 0.336. The number of nitrogens with zero attached hydrogens (tertiary/aromatic N) is 4. The van der Waals surface area contributed by atoms with Crippen molar-refractivity contribution in [1.82, 2.24) is 0 Å². The summed E-state index contributed by atoms with van der Waals surface area (Å²) in [6.45, 7) is 6.98. The average Bonchev–Trinajstić information content (AvgIpc) is 2.68. The zero-order valence-electron chi connectivity index (χ0n) is 16.9. The topological polar surface area (TPSA) is 109 Å². The van der Waals surface area contributed by atoms with Crippen molar-refractivity contribution in [3.8, 4) is 5.75 Å². The summed E-state index contributed by atoms with van der Waals surface area (Å²) in [4.78, 5) is 24.3. The second kappa shape index (κ2) is 10.5. The molecule has 0 saturated heterocycles. The molecule has 1 N–H and O–H groups in total. The molecule has 0 aliphatic heterocycles. The average molecular weight is 543 g/mol. The minimum absolute atomic E-state index is 0.0862. The highest BCUT2D eigenvalue weighted by Gasteiger charge is 2.17. The van der Waals surface area contributed by atoms with Crippen LogP contribution in [0.2, 0.25) is 0 Å². The Kier molecular flexibility index (Phi) is 8.30. The van der Waals surface area contributed by atoms with Crippen LogP contribution in [0.1, 0.15) is 20.8 Å². The van der Waals surface area contributed by atoms with E-state index >= 15 is 0 Å². The number of non-ortho nitro benzene ring substituents is 1. The zero-order chi connectivity index (χ0) is 22.4. The SMILES string of the molecule is CCN(CC)c1cc(NC(C)=O)c(N=Nc2c(Br)cc([N+](=O)[O-])cc2Br)cc1OC. The van der Waals surface area contributed by atoms with Gasteiger partial charge in [0, 0.05) is 38.2 Å². The van der Waals surface area contributed by atoms with Crippen molar-refractivity contribution in [3.05, 3.63) is 43.3 Å². The number of methoxy groups -OCH3 is 1. The third-order valence-corrected chi connectivity index (χ3v) is 5.39. The highest BCUT2D eigenvalue weighted by atomic mass is 79.9. The Morgan fingerprint density at radius 3 is 2.23 bits per heavy atom. The summed E-state index contributed by atoms with van der Waals surface area (Å²) < 4.78 is 6.33. The maximum Gasteiger partial charge on any atom is 0.271 e. The van der Waals surface area contributed by atoms with Gasteiger partial charge in [0.05, 0.1) is 32.4 Å². The third kappa shape index (κ3) is 5.54. The minimum atomic E-state index is -0.498. The molecule has 0 atom stereocenters. The van der Waals surface area contributed by atoms with Gasteiger partial charge in [-0.15, -0.1) is 10.2 Å². The molecule has 0 heterocycles. The summed E-state index contributed by atoms with van der Waals surface area (Å²) in [6, 6.07) is 6.17. The van der Waals surface area contributed by atoms with Crippen molar-refractivity contribution < 1.29 is 14.5 Å². The quantitative estimate of drug-likeness (QED) is 0.237. The Morgan fingerprint density at radius 1 is 1.17 bits per heavy atom. The molecule has 0 aromatic heterocycles. The second-order valence-electron chi connectivity index (χ2n) is 6.11. The van der Waals surface area contributed by atoms with Gasteiger partial charge in [-0.1, -0.05) is 0 Å². The van der Waals surface area contributed by atoms with Crippen molar-refractivity contribution in [1.29, 1.82) is 0 Å². The van der Waals surface area contributed by atoms with Crippen molar-refractivity contribution in [3.63, 3.8) is 0 Å². The van der Waals surface area contributed by atoms with Gasteiger partial charge in [-0.25, -0.2) is 0 Å². The molecular formula is C19H21Br2N5O4. The van der Waals surface area contributed by atoms with E-state index in [-0.39, 0.29) is 11.6 Å². The first kappa shape index (κ1) is 23.7. The number of benzene rings is 2. The Morgan fingerprint density at radius 2 is 1.77 bits per heavy atom. The molecule has 0 spiro atoms. The van der Waals surface area contributed by atoms with E-state index in [9.17, 15) is 14.9 Å². The fourth-order valence-electron chi connectivity index (χ4n) is 2.76. The van der Waals surface area contributed by atoms with Crippen LogP contribution in [0.3, 0.4) is 0 Å². The van der Waals surface area contributed by atoms with Crippen molar-refractivity contribution >= 4 is 66.2 Å². The van der Waals surface area contributed by atoms with Gasteiger partial charge < -0.3 is 15.0 Å². The van der Waals surface area contributed by atoms with E-state index in [4.69, 9.17) is 4.74 Å². The lowest BCUT2D eigenvalue weighted by Gasteiger charge is -2.24. The minimum Gasteiger partial charge on any atom is -0.494 e. The molecule has 0 fully saturated rings. The molecule has 160 valence electrons. The number of nitro groups is 1. The normalized spacial score (nSPS) is 10.9. The van der Waals surface area contributed by atoms with Crippen LogP contribution in [0.15, 0.2) is 43.4 Å². The van der Waals surface area contributed by atoms with Gasteiger partial charge in [-0.05, 0) is 51.8 Å². The van der Waals surface area contributed by atoms with E-state index in [1.54, 1.807) is 19.2 Å². The Labute approximate surface area is 190 Å². The summed E-state index contributed by atoms with van der Waals surface area (Å²) in [6.07, 6.45) is 0. The number of hydrogen-bond acceptors (Lipinski definition) is 7. The highest BCUT2D eigenvalue weighted by Crippen LogP contribution is 2.42. The maximum atomic E-state index is 11.7. The first-order chi connectivity index (χ1) is 14.2. The lowest BCUT2D eigenvalue weighted by Crippen LogP contribution is -2.22. The van der Waals surface area contributed by atoms with Crippen LogP contribution in [0, 0.1) is 10.1 Å². The lowest BCUT2D eigenvalue weighted by molar-refractivity contribution is -0.385. The van der Waals surface area contributed by atoms with Crippen molar-refractivity contribution in [2.45, 2.75) is 20.8 Å². The number of amides is 1. The Hall–Kier alpha value is -2.53. The molecule has 2 rings (SSSR count). The Bertz CT molecular complexity index is 970. The number of hydrogen-bond donors (Lipinski definition) is 1. The number of anilines is 2. The molecule has 2 aromatic rings. The van der Waals surface area contributed by atoms with Gasteiger partial charge in [0.2, 0.25) is 5.91 Å². The molecule has 0 saturated carbocycles. The van der Waals surface area contributed by atoms with Gasteiger partial charge in [-0.2, -0.15) is 0 Å². The van der Waals surface area contributed by atoms with E-state index in [0.717, 1.165) is 18.8 Å². The molecule has 0 radical (unpaired) electrons. The number of carbonyl (C=O) groups is 1. The summed E-state index contributed by atoms with van der Waals surface area (Å²) in [5, 5.41) is 22.3. The molecule has 0 unspecified atom stereocenters. The van der Waals surface area contributed by atoms with E-state index in [0.29, 0.717) is 31.8 Å². The summed E-state index contributed by atoms with van der Waals surface area (Å²) >= 11 is 6.57. The first-order valence-corrected chi connectivity index (χ1v) is 10.6. The molecule has 0 bridgehead atoms. The molecule has 30 heavy (non-hydrogen) atoms. The van der Waals surface area contributed by atoms with E-state index in [2.05, 4.69) is 52.3 Å². The molecular weight excluding hydrogens is 522 g/mol. The molecule has 11 heteroatoms. The Balaban J connectivity index is 2.57. The van der Waals surface area contributed by atoms with Gasteiger partial charge >= 0.3 is 0 Å². The van der Waals surface area contributed by atoms with Crippen LogP contribution in [0.25, 0.3) is 0 Å². The number of halogens is 2. The van der Waals surface area contributed by atoms with Crippen LogP contribution in [-0.2, 0) is 4.79 Å². The van der Waals surface area contributed by atoms with Gasteiger partial charge in [0.1, 0.15) is 17.1 Å². The van der Waals surface area contributed by atoms with E-state index < -0.39 is 4.92 Å². The van der Waals surface area contributed by atoms with Gasteiger partial charge in [-0.3, -0.25) is 14.9 Å². The van der Waals surface area contributed by atoms with Gasteiger partial charge in [0.25, 0.3) is 5.69 Å². The fraction of sp³-hybridized carbons (Fsp3) is 0.316. The smallest absolute Gasteiger partial charge is 0.271 e. The van der Waals surface area contributed by atoms with E-state index in [1.165, 1.54) is 19.1 Å². The summed E-state index contributed by atoms with van der Waals surface area (Å²) in [5.41, 5.74) is 1.97. The van der Waals surface area contributed by atoms with Crippen LogP contribution in [-0.4, -0.2) is 31.0 Å². The van der Waals surface area contributed by atoms with Gasteiger partial charge in [0.15, 0.2) is 0 Å². The number of carbonyl (C=O) groups excluding carboxylic acids is 1. The van der Waals surface area contributed by atoms with Crippen LogP contribution in [0.4, 0.5) is 28.4 Å². The maximum absolute atomic E-state index is 11.7. The number of nitro benzene ring substituents is 1. The largest absolute Gasteiger partial charge is 0.494 e. The predicted molar refractivity (Wildman–Crippen MR) is 124 cm³/mol. The van der Waals surface area contributed by atoms with Crippen molar-refractivity contribution in [2.75, 3.05) is 30.4 Å². The van der Waals surface area contributed by atoms with Crippen molar-refractivity contribution in [2.24, 2.45) is 10.2 Å². The fourth-order valence-corrected chi connectivity index (χ4v) is 4.08. The molecule has 2 aromatic carbocycles. The highest BCUT2D eigenvalue weighted by molar-refractivity contribution is 9.11. The first-order valence-electron chi connectivity index (χ1n) is 9.01. The predicted octanol–water partition coefficient (Wildman–Crippen LogP) is 6.35. The standard InChI is InChI=1S/C19H21Br2N5O4/c1-5-25(6-2)17-9-15(22-11(3)27)16(10-18(17)30-4)23-24-19-13(20)7-12(26(28)29)8-14(19)21/h7-10H,5-6H2,1-4H3,(H,22,27). The second-order valence-corrected chi connectivity index (χ2v) is 7.82. The van der Waals surface area contributed by atoms with E-state index in [1.807, 2.05) is 13.8 Å². The third-order valence-electron chi connectivity index (χ3n) is 4.18. The molecule has 9 nitrogen and oxygen atoms in total. The number of rotatable bonds is 8. The number of ether oxygens (including phenoxy) is 1. The molecule has 0 aliphatic rings. The number of azo groups is 1. The van der Waals surface area contributed by atoms with Crippen LogP contribution < -0.4 is 15.0 Å². The monoisotopic (exact) mass is 541 g/mol. The number of nitrogens with one attached hydrogen (secondary N) is 1. The molecule has 1 amide bonds. The van der Waals surface area contributed by atoms with Crippen LogP contribution in [0.5, 0.6) is 5.75 Å². The lowest BCUT2D eigenvalue weighted by atomic mass is 10.2. The van der Waals surface area contributed by atoms with Crippen LogP contribution >= 0.6 is 31.9 Å². The summed E-state index contributed by atoms with van der Waals surface area (Å²) in [7, 11) is 1.56.